The van der Waals surface area contributed by atoms with Gasteiger partial charge in [-0.15, -0.1) is 0 Å². The molecule has 0 atom stereocenters. The van der Waals surface area contributed by atoms with Gasteiger partial charge in [-0.2, -0.15) is 0 Å². The number of amidine groups is 1. The van der Waals surface area contributed by atoms with Crippen molar-refractivity contribution in [3.05, 3.63) is 70.6 Å². The summed E-state index contributed by atoms with van der Waals surface area (Å²) in [6.45, 7) is 1.41. The fourth-order valence-electron chi connectivity index (χ4n) is 3.35. The van der Waals surface area contributed by atoms with Crippen LogP contribution in [0.2, 0.25) is 0 Å². The Morgan fingerprint density at radius 3 is 2.79 bits per heavy atom. The molecule has 3 aliphatic rings. The third-order valence-corrected chi connectivity index (χ3v) is 4.88. The van der Waals surface area contributed by atoms with Crippen molar-refractivity contribution in [3.8, 4) is 0 Å². The lowest BCUT2D eigenvalue weighted by Gasteiger charge is -2.25. The summed E-state index contributed by atoms with van der Waals surface area (Å²) in [5.74, 6) is 1.18. The van der Waals surface area contributed by atoms with Crippen molar-refractivity contribution in [2.45, 2.75) is 12.8 Å². The first-order valence-corrected chi connectivity index (χ1v) is 9.52. The summed E-state index contributed by atoms with van der Waals surface area (Å²) in [6.07, 6.45) is 15.7. The van der Waals surface area contributed by atoms with Crippen LogP contribution in [0, 0.1) is 16.7 Å². The first-order valence-electron chi connectivity index (χ1n) is 9.52. The first-order chi connectivity index (χ1) is 14.1. The molecule has 3 heterocycles. The van der Waals surface area contributed by atoms with Crippen LogP contribution in [0.15, 0.2) is 75.6 Å². The minimum Gasteiger partial charge on any atom is -0.404 e. The van der Waals surface area contributed by atoms with E-state index in [1.807, 2.05) is 24.4 Å². The average molecular weight is 393 g/mol. The molecule has 1 saturated heterocycles. The van der Waals surface area contributed by atoms with Crippen molar-refractivity contribution in [1.82, 2.24) is 16.0 Å². The van der Waals surface area contributed by atoms with Gasteiger partial charge in [0.2, 0.25) is 0 Å². The van der Waals surface area contributed by atoms with Gasteiger partial charge in [-0.1, -0.05) is 0 Å². The summed E-state index contributed by atoms with van der Waals surface area (Å²) >= 11 is 0. The quantitative estimate of drug-likeness (QED) is 0.303. The van der Waals surface area contributed by atoms with Gasteiger partial charge < -0.3 is 31.8 Å². The van der Waals surface area contributed by atoms with Crippen LogP contribution < -0.4 is 21.7 Å². The molecular formula is C21H27N7O. The lowest BCUT2D eigenvalue weighted by Crippen LogP contribution is -2.35. The van der Waals surface area contributed by atoms with Crippen LogP contribution in [-0.4, -0.2) is 38.5 Å². The van der Waals surface area contributed by atoms with Crippen molar-refractivity contribution < 1.29 is 4.74 Å². The molecule has 0 radical (unpaired) electrons. The molecule has 0 aliphatic carbocycles. The summed E-state index contributed by atoms with van der Waals surface area (Å²) in [5.41, 5.74) is 10.0. The molecule has 1 fully saturated rings. The predicted octanol–water partition coefficient (Wildman–Crippen LogP) is 1.80. The molecule has 0 unspecified atom stereocenters. The maximum Gasteiger partial charge on any atom is 0.123 e. The van der Waals surface area contributed by atoms with Gasteiger partial charge >= 0.3 is 0 Å². The van der Waals surface area contributed by atoms with E-state index in [2.05, 4.69) is 20.9 Å². The second kappa shape index (κ2) is 9.70. The van der Waals surface area contributed by atoms with E-state index in [0.717, 1.165) is 41.0 Å². The Hall–Kier alpha value is -3.39. The topological polar surface area (TPSA) is 131 Å². The molecule has 0 aromatic carbocycles. The number of nitrogens with zero attached hydrogens (tertiary/aromatic N) is 1. The normalized spacial score (nSPS) is 20.4. The van der Waals surface area contributed by atoms with Crippen LogP contribution in [-0.2, 0) is 4.74 Å². The number of fused-ring (bicyclic) bond motifs is 1. The Balaban J connectivity index is 1.68. The van der Waals surface area contributed by atoms with Gasteiger partial charge in [0, 0.05) is 56.2 Å². The molecule has 0 aromatic heterocycles. The second-order valence-electron chi connectivity index (χ2n) is 6.81. The SMILES string of the molecule is CN=CC(=CN)C1=CNC2=CC=C(NC(=N)C=C(C=N)C3CCOCC3)NC2=C1. The molecule has 0 saturated carbocycles. The van der Waals surface area contributed by atoms with E-state index in [9.17, 15) is 0 Å². The zero-order chi connectivity index (χ0) is 20.6. The zero-order valence-corrected chi connectivity index (χ0v) is 16.5. The van der Waals surface area contributed by atoms with Gasteiger partial charge in [0.05, 0.1) is 11.4 Å². The number of dihydropyridines is 2. The number of hydrogen-bond acceptors (Lipinski definition) is 7. The number of nitrogens with one attached hydrogen (secondary N) is 5. The van der Waals surface area contributed by atoms with Crippen molar-refractivity contribution in [2.24, 2.45) is 16.6 Å². The molecule has 0 aromatic rings. The van der Waals surface area contributed by atoms with E-state index in [4.69, 9.17) is 21.3 Å². The standard InChI is InChI=1S/C21H27N7O/c1-25-12-17(11-23)16-8-19-18(26-13-16)2-3-21(27-19)28-20(24)9-15(10-22)14-4-6-29-7-5-14/h2-3,8-14,22,26-27H,4-7,23H2,1H3,(H2,24,28). The Labute approximate surface area is 170 Å². The highest BCUT2D eigenvalue weighted by Crippen LogP contribution is 2.23. The zero-order valence-electron chi connectivity index (χ0n) is 16.5. The van der Waals surface area contributed by atoms with E-state index < -0.39 is 0 Å². The van der Waals surface area contributed by atoms with E-state index in [0.29, 0.717) is 19.0 Å². The maximum absolute atomic E-state index is 8.29. The molecule has 0 bridgehead atoms. The summed E-state index contributed by atoms with van der Waals surface area (Å²) < 4.78 is 5.39. The molecule has 8 heteroatoms. The lowest BCUT2D eigenvalue weighted by atomic mass is 9.91. The third kappa shape index (κ3) is 5.11. The highest BCUT2D eigenvalue weighted by molar-refractivity contribution is 5.97. The van der Waals surface area contributed by atoms with Crippen LogP contribution in [0.3, 0.4) is 0 Å². The summed E-state index contributed by atoms with van der Waals surface area (Å²) in [4.78, 5) is 4.02. The lowest BCUT2D eigenvalue weighted by molar-refractivity contribution is 0.0772. The number of hydrogen-bond donors (Lipinski definition) is 6. The molecular weight excluding hydrogens is 366 g/mol. The van der Waals surface area contributed by atoms with E-state index in [1.165, 1.54) is 12.4 Å². The Morgan fingerprint density at radius 2 is 2.10 bits per heavy atom. The molecule has 3 rings (SSSR count). The van der Waals surface area contributed by atoms with Crippen molar-refractivity contribution in [2.75, 3.05) is 20.3 Å². The molecule has 29 heavy (non-hydrogen) atoms. The van der Waals surface area contributed by atoms with Gasteiger partial charge in [-0.05, 0) is 48.6 Å². The van der Waals surface area contributed by atoms with Crippen LogP contribution in [0.4, 0.5) is 0 Å². The molecule has 3 aliphatic heterocycles. The van der Waals surface area contributed by atoms with Gasteiger partial charge in [-0.25, -0.2) is 0 Å². The maximum atomic E-state index is 8.29. The van der Waals surface area contributed by atoms with Crippen LogP contribution in [0.1, 0.15) is 12.8 Å². The third-order valence-electron chi connectivity index (χ3n) is 4.88. The smallest absolute Gasteiger partial charge is 0.123 e. The van der Waals surface area contributed by atoms with E-state index >= 15 is 0 Å². The highest BCUT2D eigenvalue weighted by atomic mass is 16.5. The summed E-state index contributed by atoms with van der Waals surface area (Å²) in [5, 5.41) is 25.6. The van der Waals surface area contributed by atoms with Gasteiger partial charge in [0.15, 0.2) is 0 Å². The van der Waals surface area contributed by atoms with Gasteiger partial charge in [0.1, 0.15) is 11.7 Å². The Morgan fingerprint density at radius 1 is 1.31 bits per heavy atom. The minimum atomic E-state index is 0.228. The summed E-state index contributed by atoms with van der Waals surface area (Å²) in [6, 6.07) is 0. The van der Waals surface area contributed by atoms with Crippen LogP contribution in [0.25, 0.3) is 0 Å². The molecule has 152 valence electrons. The van der Waals surface area contributed by atoms with Gasteiger partial charge in [0.25, 0.3) is 0 Å². The fourth-order valence-corrected chi connectivity index (χ4v) is 3.35. The van der Waals surface area contributed by atoms with Gasteiger partial charge in [-0.3, -0.25) is 10.4 Å². The second-order valence-corrected chi connectivity index (χ2v) is 6.81. The molecule has 8 nitrogen and oxygen atoms in total. The van der Waals surface area contributed by atoms with Crippen LogP contribution >= 0.6 is 0 Å². The van der Waals surface area contributed by atoms with Crippen molar-refractivity contribution >= 4 is 18.3 Å². The minimum absolute atomic E-state index is 0.228. The van der Waals surface area contributed by atoms with E-state index in [1.54, 1.807) is 19.3 Å². The number of allylic oxidation sites excluding steroid dienone is 6. The first kappa shape index (κ1) is 20.3. The highest BCUT2D eigenvalue weighted by Gasteiger charge is 2.19. The van der Waals surface area contributed by atoms with Crippen LogP contribution in [0.5, 0.6) is 0 Å². The van der Waals surface area contributed by atoms with Crippen molar-refractivity contribution in [1.29, 1.82) is 10.8 Å². The molecule has 7 N–H and O–H groups in total. The number of ether oxygens (including phenoxy) is 1. The molecule has 0 amide bonds. The van der Waals surface area contributed by atoms with E-state index in [-0.39, 0.29) is 11.8 Å². The fraction of sp³-hybridized carbons (Fsp3) is 0.286. The Bertz CT molecular complexity index is 881. The largest absolute Gasteiger partial charge is 0.404 e. The summed E-state index contributed by atoms with van der Waals surface area (Å²) in [7, 11) is 1.70. The number of rotatable bonds is 6. The average Bonchev–Trinajstić information content (AvgIpc) is 2.76. The van der Waals surface area contributed by atoms with Crippen molar-refractivity contribution in [3.63, 3.8) is 0 Å². The number of nitrogens with two attached hydrogens (primary N) is 1. The number of aliphatic imine (C=N–C) groups is 1. The monoisotopic (exact) mass is 393 g/mol. The predicted molar refractivity (Wildman–Crippen MR) is 117 cm³/mol. The Kier molecular flexibility index (Phi) is 6.80. The molecule has 0 spiro atoms.